The van der Waals surface area contributed by atoms with Crippen LogP contribution >= 0.6 is 0 Å². The van der Waals surface area contributed by atoms with Crippen LogP contribution in [0.25, 0.3) is 0 Å². The lowest BCUT2D eigenvalue weighted by molar-refractivity contribution is -0.117. The Morgan fingerprint density at radius 1 is 1.23 bits per heavy atom. The van der Waals surface area contributed by atoms with Crippen LogP contribution in [0.5, 0.6) is 0 Å². The highest BCUT2D eigenvalue weighted by atomic mass is 19.4. The molecule has 0 aromatic rings. The summed E-state index contributed by atoms with van der Waals surface area (Å²) < 4.78 is 36.6. The van der Waals surface area contributed by atoms with Gasteiger partial charge in [-0.1, -0.05) is 0 Å². The highest BCUT2D eigenvalue weighted by Gasteiger charge is 2.38. The number of nitrogens with zero attached hydrogens (tertiary/aromatic N) is 1. The number of amides is 1. The van der Waals surface area contributed by atoms with Crippen molar-refractivity contribution in [3.8, 4) is 0 Å². The lowest BCUT2D eigenvalue weighted by Crippen LogP contribution is -2.25. The van der Waals surface area contributed by atoms with Crippen LogP contribution in [-0.2, 0) is 4.79 Å². The van der Waals surface area contributed by atoms with Crippen molar-refractivity contribution in [1.29, 1.82) is 0 Å². The van der Waals surface area contributed by atoms with E-state index in [4.69, 9.17) is 0 Å². The molecule has 0 bridgehead atoms. The second-order valence-electron chi connectivity index (χ2n) is 2.65. The molecule has 70 valence electrons. The second kappa shape index (κ2) is 2.90. The molecule has 1 rings (SSSR count). The topological polar surface area (TPSA) is 31.2 Å². The Kier molecular flexibility index (Phi) is 2.19. The van der Waals surface area contributed by atoms with Crippen molar-refractivity contribution in [1.82, 2.24) is 5.32 Å². The van der Waals surface area contributed by atoms with E-state index in [1.165, 1.54) is 13.8 Å². The molecular weight excluding hydrogens is 183 g/mol. The standard InChI is InChI=1S/C8H6F3NO/c1-4-5(2)7(13)12-3-6(4)8(9,10)11/h1-2H3. The minimum atomic E-state index is -4.49. The Bertz CT molecular complexity index is 312. The average molecular weight is 189 g/mol. The summed E-state index contributed by atoms with van der Waals surface area (Å²) in [7, 11) is 0. The van der Waals surface area contributed by atoms with Crippen LogP contribution in [-0.4, -0.2) is 12.1 Å². The van der Waals surface area contributed by atoms with Crippen molar-refractivity contribution >= 4 is 5.91 Å². The fourth-order valence-corrected chi connectivity index (χ4v) is 0.898. The lowest BCUT2D eigenvalue weighted by Gasteiger charge is -2.16. The fraction of sp³-hybridized carbons (Fsp3) is 0.375. The molecule has 2 radical (unpaired) electrons. The maximum atomic E-state index is 12.2. The van der Waals surface area contributed by atoms with Gasteiger partial charge in [0.25, 0.3) is 5.91 Å². The number of carbonyl (C=O) groups excluding carboxylic acids is 1. The average Bonchev–Trinajstić information content (AvgIpc) is 1.98. The van der Waals surface area contributed by atoms with Crippen LogP contribution in [0.2, 0.25) is 0 Å². The molecule has 0 fully saturated rings. The predicted molar refractivity (Wildman–Crippen MR) is 38.3 cm³/mol. The van der Waals surface area contributed by atoms with E-state index < -0.39 is 17.7 Å². The first-order chi connectivity index (χ1) is 5.84. The van der Waals surface area contributed by atoms with Crippen LogP contribution in [0.1, 0.15) is 13.8 Å². The van der Waals surface area contributed by atoms with Gasteiger partial charge in [0, 0.05) is 5.57 Å². The summed E-state index contributed by atoms with van der Waals surface area (Å²) in [4.78, 5) is 10.8. The molecule has 1 aliphatic heterocycles. The molecule has 0 atom stereocenters. The van der Waals surface area contributed by atoms with Crippen LogP contribution in [0.15, 0.2) is 16.7 Å². The monoisotopic (exact) mass is 189 g/mol. The zero-order valence-electron chi connectivity index (χ0n) is 6.99. The predicted octanol–water partition coefficient (Wildman–Crippen LogP) is 1.72. The third kappa shape index (κ3) is 1.74. The van der Waals surface area contributed by atoms with E-state index in [1.807, 2.05) is 0 Å². The highest BCUT2D eigenvalue weighted by molar-refractivity contribution is 5.95. The summed E-state index contributed by atoms with van der Waals surface area (Å²) in [6, 6.07) is 0. The summed E-state index contributed by atoms with van der Waals surface area (Å²) in [6.07, 6.45) is -2.79. The zero-order valence-corrected chi connectivity index (χ0v) is 6.99. The smallest absolute Gasteiger partial charge is 0.267 e. The van der Waals surface area contributed by atoms with Crippen molar-refractivity contribution in [2.75, 3.05) is 0 Å². The third-order valence-corrected chi connectivity index (χ3v) is 1.81. The molecule has 1 heterocycles. The molecule has 0 aromatic heterocycles. The Hall–Kier alpha value is -1.26. The van der Waals surface area contributed by atoms with E-state index in [0.29, 0.717) is 0 Å². The van der Waals surface area contributed by atoms with Gasteiger partial charge in [0.1, 0.15) is 6.20 Å². The Labute approximate surface area is 73.1 Å². The zero-order chi connectivity index (χ0) is 10.2. The summed E-state index contributed by atoms with van der Waals surface area (Å²) >= 11 is 0. The van der Waals surface area contributed by atoms with Gasteiger partial charge >= 0.3 is 6.18 Å². The molecule has 13 heavy (non-hydrogen) atoms. The molecule has 2 nitrogen and oxygen atoms in total. The molecule has 0 aliphatic carbocycles. The molecule has 5 heteroatoms. The number of carbonyl (C=O) groups is 1. The molecule has 0 aromatic carbocycles. The first kappa shape index (κ1) is 9.83. The quantitative estimate of drug-likeness (QED) is 0.570. The molecule has 1 amide bonds. The van der Waals surface area contributed by atoms with Crippen LogP contribution < -0.4 is 5.32 Å². The fourth-order valence-electron chi connectivity index (χ4n) is 0.898. The number of allylic oxidation sites excluding steroid dienone is 2. The highest BCUT2D eigenvalue weighted by Crippen LogP contribution is 2.33. The normalized spacial score (nSPS) is 18.5. The Morgan fingerprint density at radius 3 is 2.23 bits per heavy atom. The van der Waals surface area contributed by atoms with Gasteiger partial charge in [-0.2, -0.15) is 13.2 Å². The van der Waals surface area contributed by atoms with E-state index >= 15 is 0 Å². The number of alkyl halides is 3. The van der Waals surface area contributed by atoms with Gasteiger partial charge < -0.3 is 0 Å². The van der Waals surface area contributed by atoms with E-state index in [-0.39, 0.29) is 11.1 Å². The van der Waals surface area contributed by atoms with Gasteiger partial charge in [0.15, 0.2) is 0 Å². The maximum Gasteiger partial charge on any atom is 0.418 e. The van der Waals surface area contributed by atoms with E-state index in [1.54, 1.807) is 6.20 Å². The third-order valence-electron chi connectivity index (χ3n) is 1.81. The number of hydrogen-bond donors (Lipinski definition) is 0. The Morgan fingerprint density at radius 2 is 1.77 bits per heavy atom. The molecule has 1 aliphatic rings. The van der Waals surface area contributed by atoms with E-state index in [9.17, 15) is 18.0 Å². The van der Waals surface area contributed by atoms with Crippen molar-refractivity contribution in [3.63, 3.8) is 0 Å². The van der Waals surface area contributed by atoms with Crippen LogP contribution in [0, 0.1) is 6.20 Å². The summed E-state index contributed by atoms with van der Waals surface area (Å²) in [5, 5.41) is 3.01. The Balaban J connectivity index is 3.12. The van der Waals surface area contributed by atoms with Gasteiger partial charge in [0.2, 0.25) is 0 Å². The van der Waals surface area contributed by atoms with Crippen molar-refractivity contribution < 1.29 is 18.0 Å². The molecule has 0 saturated heterocycles. The molecule has 0 unspecified atom stereocenters. The summed E-state index contributed by atoms with van der Waals surface area (Å²) in [6.45, 7) is 2.55. The molecule has 0 saturated carbocycles. The number of halogens is 3. The SMILES string of the molecule is CC1=C(C)C(C(F)(F)F)=[C][N]C1=O. The number of rotatable bonds is 0. The number of hydrogen-bond acceptors (Lipinski definition) is 1. The molecule has 0 spiro atoms. The van der Waals surface area contributed by atoms with Crippen LogP contribution in [0.3, 0.4) is 0 Å². The summed E-state index contributed by atoms with van der Waals surface area (Å²) in [5.41, 5.74) is -1.05. The van der Waals surface area contributed by atoms with Gasteiger partial charge in [-0.3, -0.25) is 4.79 Å². The lowest BCUT2D eigenvalue weighted by atomic mass is 10.00. The maximum absolute atomic E-state index is 12.2. The van der Waals surface area contributed by atoms with Crippen molar-refractivity contribution in [2.45, 2.75) is 20.0 Å². The minimum Gasteiger partial charge on any atom is -0.267 e. The van der Waals surface area contributed by atoms with Gasteiger partial charge in [0.05, 0.1) is 5.57 Å². The largest absolute Gasteiger partial charge is 0.418 e. The minimum absolute atomic E-state index is 0.0195. The van der Waals surface area contributed by atoms with Crippen LogP contribution in [0.4, 0.5) is 13.2 Å². The first-order valence-electron chi connectivity index (χ1n) is 3.47. The van der Waals surface area contributed by atoms with Crippen molar-refractivity contribution in [3.05, 3.63) is 22.9 Å². The van der Waals surface area contributed by atoms with E-state index in [2.05, 4.69) is 5.32 Å². The molecule has 0 N–H and O–H groups in total. The van der Waals surface area contributed by atoms with Gasteiger partial charge in [-0.15, -0.1) is 0 Å². The summed E-state index contributed by atoms with van der Waals surface area (Å²) in [5.74, 6) is -0.662. The van der Waals surface area contributed by atoms with Gasteiger partial charge in [-0.25, -0.2) is 5.32 Å². The first-order valence-corrected chi connectivity index (χ1v) is 3.47. The second-order valence-corrected chi connectivity index (χ2v) is 2.65. The van der Waals surface area contributed by atoms with Crippen molar-refractivity contribution in [2.24, 2.45) is 0 Å². The molecular formula is C8H6F3NO. The van der Waals surface area contributed by atoms with E-state index in [0.717, 1.165) is 0 Å². The van der Waals surface area contributed by atoms with Gasteiger partial charge in [-0.05, 0) is 19.4 Å².